The molecule has 1 unspecified atom stereocenters. The van der Waals surface area contributed by atoms with E-state index < -0.39 is 0 Å². The quantitative estimate of drug-likeness (QED) is 0.881. The standard InChI is InChI=1S/C16H22N2O2S/c1-6-17-10(2)15-11(3)18-16(21-15)13-9-12(19-4)7-8-14(13)20-5/h7-10,17H,6H2,1-5H3. The number of hydrogen-bond acceptors (Lipinski definition) is 5. The Balaban J connectivity index is 2.44. The molecule has 4 nitrogen and oxygen atoms in total. The van der Waals surface area contributed by atoms with E-state index in [9.17, 15) is 0 Å². The van der Waals surface area contributed by atoms with Gasteiger partial charge in [0.05, 0.1) is 25.5 Å². The van der Waals surface area contributed by atoms with E-state index >= 15 is 0 Å². The fourth-order valence-electron chi connectivity index (χ4n) is 2.31. The largest absolute Gasteiger partial charge is 0.497 e. The minimum atomic E-state index is 0.304. The highest BCUT2D eigenvalue weighted by atomic mass is 32.1. The summed E-state index contributed by atoms with van der Waals surface area (Å²) in [6.45, 7) is 7.27. The van der Waals surface area contributed by atoms with Gasteiger partial charge in [0, 0.05) is 10.9 Å². The van der Waals surface area contributed by atoms with E-state index in [1.54, 1.807) is 25.6 Å². The van der Waals surface area contributed by atoms with Gasteiger partial charge in [-0.15, -0.1) is 11.3 Å². The van der Waals surface area contributed by atoms with E-state index in [1.807, 2.05) is 18.2 Å². The van der Waals surface area contributed by atoms with Gasteiger partial charge in [-0.3, -0.25) is 0 Å². The molecule has 2 aromatic rings. The minimum absolute atomic E-state index is 0.304. The molecule has 114 valence electrons. The lowest BCUT2D eigenvalue weighted by Gasteiger charge is -2.10. The highest BCUT2D eigenvalue weighted by Crippen LogP contribution is 2.38. The fraction of sp³-hybridized carbons (Fsp3) is 0.438. The molecule has 2 rings (SSSR count). The molecule has 0 fully saturated rings. The summed E-state index contributed by atoms with van der Waals surface area (Å²) < 4.78 is 10.8. The van der Waals surface area contributed by atoms with Crippen molar-refractivity contribution in [1.29, 1.82) is 0 Å². The summed E-state index contributed by atoms with van der Waals surface area (Å²) in [4.78, 5) is 5.97. The Hall–Kier alpha value is -1.59. The van der Waals surface area contributed by atoms with Crippen molar-refractivity contribution >= 4 is 11.3 Å². The first-order valence-corrected chi connectivity index (χ1v) is 7.85. The van der Waals surface area contributed by atoms with E-state index in [-0.39, 0.29) is 0 Å². The molecular weight excluding hydrogens is 284 g/mol. The number of aromatic nitrogens is 1. The van der Waals surface area contributed by atoms with E-state index in [1.165, 1.54) is 4.88 Å². The number of rotatable bonds is 6. The van der Waals surface area contributed by atoms with Gasteiger partial charge in [0.1, 0.15) is 16.5 Å². The van der Waals surface area contributed by atoms with Gasteiger partial charge < -0.3 is 14.8 Å². The van der Waals surface area contributed by atoms with Crippen LogP contribution in [-0.2, 0) is 0 Å². The lowest BCUT2D eigenvalue weighted by atomic mass is 10.2. The Morgan fingerprint density at radius 3 is 2.67 bits per heavy atom. The van der Waals surface area contributed by atoms with Crippen molar-refractivity contribution in [2.24, 2.45) is 0 Å². The van der Waals surface area contributed by atoms with Crippen LogP contribution in [0.25, 0.3) is 10.6 Å². The summed E-state index contributed by atoms with van der Waals surface area (Å²) >= 11 is 1.70. The number of nitrogens with zero attached hydrogens (tertiary/aromatic N) is 1. The van der Waals surface area contributed by atoms with Crippen LogP contribution in [0, 0.1) is 6.92 Å². The van der Waals surface area contributed by atoms with E-state index in [4.69, 9.17) is 14.5 Å². The average molecular weight is 306 g/mol. The Morgan fingerprint density at radius 1 is 1.29 bits per heavy atom. The number of thiazole rings is 1. The smallest absolute Gasteiger partial charge is 0.129 e. The molecule has 0 spiro atoms. The SMILES string of the molecule is CCNC(C)c1sc(-c2cc(OC)ccc2OC)nc1C. The Morgan fingerprint density at radius 2 is 2.05 bits per heavy atom. The van der Waals surface area contributed by atoms with Gasteiger partial charge in [0.15, 0.2) is 0 Å². The lowest BCUT2D eigenvalue weighted by Crippen LogP contribution is -2.17. The summed E-state index contributed by atoms with van der Waals surface area (Å²) in [5, 5.41) is 4.39. The van der Waals surface area contributed by atoms with Crippen LogP contribution >= 0.6 is 11.3 Å². The predicted molar refractivity (Wildman–Crippen MR) is 87.5 cm³/mol. The third-order valence-electron chi connectivity index (χ3n) is 3.37. The average Bonchev–Trinajstić information content (AvgIpc) is 2.88. The first-order valence-electron chi connectivity index (χ1n) is 7.03. The molecule has 0 radical (unpaired) electrons. The maximum atomic E-state index is 5.45. The van der Waals surface area contributed by atoms with Crippen molar-refractivity contribution in [1.82, 2.24) is 10.3 Å². The van der Waals surface area contributed by atoms with Gasteiger partial charge in [-0.05, 0) is 38.6 Å². The normalized spacial score (nSPS) is 12.2. The third-order valence-corrected chi connectivity index (χ3v) is 4.75. The number of methoxy groups -OCH3 is 2. The monoisotopic (exact) mass is 306 g/mol. The second-order valence-corrected chi connectivity index (χ2v) is 5.84. The molecule has 0 saturated carbocycles. The van der Waals surface area contributed by atoms with Crippen LogP contribution in [-0.4, -0.2) is 25.7 Å². The summed E-state index contributed by atoms with van der Waals surface area (Å²) in [7, 11) is 3.34. The zero-order valence-corrected chi connectivity index (χ0v) is 14.0. The molecule has 0 amide bonds. The minimum Gasteiger partial charge on any atom is -0.497 e. The van der Waals surface area contributed by atoms with Gasteiger partial charge >= 0.3 is 0 Å². The number of hydrogen-bond donors (Lipinski definition) is 1. The molecule has 0 bridgehead atoms. The first kappa shape index (κ1) is 15.8. The van der Waals surface area contributed by atoms with Crippen molar-refractivity contribution in [2.75, 3.05) is 20.8 Å². The van der Waals surface area contributed by atoms with Crippen LogP contribution in [0.5, 0.6) is 11.5 Å². The number of benzene rings is 1. The third kappa shape index (κ3) is 3.36. The van der Waals surface area contributed by atoms with Gasteiger partial charge in [-0.25, -0.2) is 4.98 Å². The zero-order valence-electron chi connectivity index (χ0n) is 13.2. The molecule has 5 heteroatoms. The lowest BCUT2D eigenvalue weighted by molar-refractivity contribution is 0.404. The molecule has 0 aliphatic heterocycles. The van der Waals surface area contributed by atoms with Crippen LogP contribution in [0.4, 0.5) is 0 Å². The van der Waals surface area contributed by atoms with Gasteiger partial charge in [-0.2, -0.15) is 0 Å². The molecular formula is C16H22N2O2S. The zero-order chi connectivity index (χ0) is 15.4. The summed E-state index contributed by atoms with van der Waals surface area (Å²) in [5.41, 5.74) is 2.04. The maximum absolute atomic E-state index is 5.45. The molecule has 1 aromatic heterocycles. The molecule has 0 saturated heterocycles. The Kier molecular flexibility index (Phi) is 5.20. The van der Waals surface area contributed by atoms with Crippen LogP contribution in [0.3, 0.4) is 0 Å². The van der Waals surface area contributed by atoms with E-state index in [0.717, 1.165) is 34.3 Å². The molecule has 0 aliphatic rings. The van der Waals surface area contributed by atoms with Crippen LogP contribution in [0.1, 0.15) is 30.5 Å². The fourth-order valence-corrected chi connectivity index (χ4v) is 3.42. The maximum Gasteiger partial charge on any atom is 0.129 e. The van der Waals surface area contributed by atoms with Crippen molar-refractivity contribution in [3.05, 3.63) is 28.8 Å². The van der Waals surface area contributed by atoms with Crippen molar-refractivity contribution in [3.8, 4) is 22.1 Å². The van der Waals surface area contributed by atoms with Crippen molar-refractivity contribution < 1.29 is 9.47 Å². The Labute approximate surface area is 130 Å². The second kappa shape index (κ2) is 6.91. The number of aryl methyl sites for hydroxylation is 1. The molecule has 1 N–H and O–H groups in total. The molecule has 1 atom stereocenters. The van der Waals surface area contributed by atoms with Crippen LogP contribution in [0.15, 0.2) is 18.2 Å². The number of ether oxygens (including phenoxy) is 2. The summed E-state index contributed by atoms with van der Waals surface area (Å²) in [5.74, 6) is 1.62. The van der Waals surface area contributed by atoms with E-state index in [0.29, 0.717) is 6.04 Å². The first-order chi connectivity index (χ1) is 10.1. The van der Waals surface area contributed by atoms with Gasteiger partial charge in [0.2, 0.25) is 0 Å². The second-order valence-electron chi connectivity index (χ2n) is 4.81. The highest BCUT2D eigenvalue weighted by Gasteiger charge is 2.17. The van der Waals surface area contributed by atoms with Crippen LogP contribution in [0.2, 0.25) is 0 Å². The van der Waals surface area contributed by atoms with E-state index in [2.05, 4.69) is 26.1 Å². The van der Waals surface area contributed by atoms with Gasteiger partial charge in [-0.1, -0.05) is 6.92 Å². The Bertz CT molecular complexity index is 610. The molecule has 1 heterocycles. The summed E-state index contributed by atoms with van der Waals surface area (Å²) in [6, 6.07) is 6.08. The molecule has 1 aromatic carbocycles. The van der Waals surface area contributed by atoms with Crippen molar-refractivity contribution in [3.63, 3.8) is 0 Å². The molecule has 0 aliphatic carbocycles. The van der Waals surface area contributed by atoms with Crippen LogP contribution < -0.4 is 14.8 Å². The predicted octanol–water partition coefficient (Wildman–Crippen LogP) is 3.81. The number of nitrogens with one attached hydrogen (secondary N) is 1. The summed E-state index contributed by atoms with van der Waals surface area (Å²) in [6.07, 6.45) is 0. The topological polar surface area (TPSA) is 43.4 Å². The highest BCUT2D eigenvalue weighted by molar-refractivity contribution is 7.15. The van der Waals surface area contributed by atoms with Crippen molar-refractivity contribution in [2.45, 2.75) is 26.8 Å². The van der Waals surface area contributed by atoms with Gasteiger partial charge in [0.25, 0.3) is 0 Å². The molecule has 21 heavy (non-hydrogen) atoms.